The molecule has 4 heteroatoms. The van der Waals surface area contributed by atoms with Crippen LogP contribution in [0.5, 0.6) is 0 Å². The van der Waals surface area contributed by atoms with Crippen molar-refractivity contribution in [3.05, 3.63) is 0 Å². The van der Waals surface area contributed by atoms with E-state index < -0.39 is 0 Å². The lowest BCUT2D eigenvalue weighted by Crippen LogP contribution is -2.27. The van der Waals surface area contributed by atoms with Gasteiger partial charge in [0.05, 0.1) is 12.0 Å². The molecule has 0 rings (SSSR count). The van der Waals surface area contributed by atoms with Gasteiger partial charge >= 0.3 is 0 Å². The number of nitrogens with zero attached hydrogens (tertiary/aromatic N) is 1. The molecule has 0 aromatic carbocycles. The summed E-state index contributed by atoms with van der Waals surface area (Å²) >= 11 is 10.7. The Balaban J connectivity index is 3.64. The molecule has 1 amide bonds. The van der Waals surface area contributed by atoms with Crippen molar-refractivity contribution in [3.8, 4) is 0 Å². The van der Waals surface area contributed by atoms with E-state index in [0.29, 0.717) is 6.42 Å². The summed E-state index contributed by atoms with van der Waals surface area (Å²) in [5, 5.41) is 0. The maximum absolute atomic E-state index is 10.7. The highest BCUT2D eigenvalue weighted by Crippen LogP contribution is 1.97. The van der Waals surface area contributed by atoms with Gasteiger partial charge in [0.15, 0.2) is 0 Å². The van der Waals surface area contributed by atoms with Gasteiger partial charge in [-0.15, -0.1) is 23.2 Å². The second-order valence-electron chi connectivity index (χ2n) is 1.53. The van der Waals surface area contributed by atoms with Crippen molar-refractivity contribution in [2.45, 2.75) is 13.3 Å². The summed E-state index contributed by atoms with van der Waals surface area (Å²) in [5.41, 5.74) is 0. The molecule has 9 heavy (non-hydrogen) atoms. The molecule has 0 aliphatic heterocycles. The van der Waals surface area contributed by atoms with Gasteiger partial charge in [0.25, 0.3) is 0 Å². The van der Waals surface area contributed by atoms with Crippen LogP contribution in [0.2, 0.25) is 0 Å². The molecule has 0 radical (unpaired) electrons. The number of alkyl halides is 2. The lowest BCUT2D eigenvalue weighted by Gasteiger charge is -2.13. The van der Waals surface area contributed by atoms with Gasteiger partial charge in [-0.2, -0.15) is 0 Å². The minimum absolute atomic E-state index is 0.0139. The summed E-state index contributed by atoms with van der Waals surface area (Å²) in [4.78, 5) is 12.1. The van der Waals surface area contributed by atoms with E-state index in [-0.39, 0.29) is 17.9 Å². The van der Waals surface area contributed by atoms with Gasteiger partial charge in [-0.25, -0.2) is 0 Å². The van der Waals surface area contributed by atoms with Crippen LogP contribution in [-0.4, -0.2) is 22.8 Å². The Morgan fingerprint density at radius 2 is 1.89 bits per heavy atom. The monoisotopic (exact) mass is 169 g/mol. The standard InChI is InChI=1S/C5H9Cl2NO/c1-2-5(9)8(3-6)4-7/h2-4H2,1H3. The van der Waals surface area contributed by atoms with Crippen molar-refractivity contribution in [2.24, 2.45) is 0 Å². The van der Waals surface area contributed by atoms with E-state index in [1.807, 2.05) is 0 Å². The van der Waals surface area contributed by atoms with Crippen molar-refractivity contribution in [1.29, 1.82) is 0 Å². The third-order valence-corrected chi connectivity index (χ3v) is 1.52. The van der Waals surface area contributed by atoms with Crippen molar-refractivity contribution >= 4 is 29.1 Å². The predicted octanol–water partition coefficient (Wildman–Crippen LogP) is 1.62. The van der Waals surface area contributed by atoms with Crippen molar-refractivity contribution in [1.82, 2.24) is 4.90 Å². The van der Waals surface area contributed by atoms with E-state index in [0.717, 1.165) is 0 Å². The molecule has 2 nitrogen and oxygen atoms in total. The van der Waals surface area contributed by atoms with Gasteiger partial charge < -0.3 is 4.90 Å². The summed E-state index contributed by atoms with van der Waals surface area (Å²) in [6, 6.07) is 0.354. The van der Waals surface area contributed by atoms with E-state index in [1.165, 1.54) is 4.90 Å². The Kier molecular flexibility index (Phi) is 4.91. The fraction of sp³-hybridized carbons (Fsp3) is 0.800. The zero-order chi connectivity index (χ0) is 7.28. The maximum Gasteiger partial charge on any atom is 0.224 e. The van der Waals surface area contributed by atoms with E-state index in [2.05, 4.69) is 0 Å². The molecule has 0 atom stereocenters. The van der Waals surface area contributed by atoms with Gasteiger partial charge in [-0.3, -0.25) is 4.79 Å². The van der Waals surface area contributed by atoms with Crippen LogP contribution in [0.4, 0.5) is 0 Å². The van der Waals surface area contributed by atoms with Crippen LogP contribution in [0.25, 0.3) is 0 Å². The first-order valence-electron chi connectivity index (χ1n) is 2.66. The average molecular weight is 170 g/mol. The summed E-state index contributed by atoms with van der Waals surface area (Å²) in [6.45, 7) is 1.77. The summed E-state index contributed by atoms with van der Waals surface area (Å²) < 4.78 is 0. The number of amides is 1. The van der Waals surface area contributed by atoms with Crippen LogP contribution < -0.4 is 0 Å². The highest BCUT2D eigenvalue weighted by Gasteiger charge is 2.06. The molecule has 0 aromatic rings. The van der Waals surface area contributed by atoms with E-state index in [9.17, 15) is 4.79 Å². The fourth-order valence-corrected chi connectivity index (χ4v) is 0.911. The third-order valence-electron chi connectivity index (χ3n) is 0.944. The van der Waals surface area contributed by atoms with E-state index in [1.54, 1.807) is 6.92 Å². The zero-order valence-corrected chi connectivity index (χ0v) is 6.74. The minimum atomic E-state index is -0.0139. The lowest BCUT2D eigenvalue weighted by atomic mass is 10.4. The van der Waals surface area contributed by atoms with Crippen LogP contribution >= 0.6 is 23.2 Å². The number of halogens is 2. The van der Waals surface area contributed by atoms with Crippen molar-refractivity contribution in [3.63, 3.8) is 0 Å². The SMILES string of the molecule is CCC(=O)N(CCl)CCl. The molecular weight excluding hydrogens is 161 g/mol. The Hall–Kier alpha value is 0.0500. The number of carbonyl (C=O) groups excluding carboxylic acids is 1. The lowest BCUT2D eigenvalue weighted by molar-refractivity contribution is -0.129. The van der Waals surface area contributed by atoms with Crippen molar-refractivity contribution in [2.75, 3.05) is 12.0 Å². The molecule has 0 saturated carbocycles. The molecule has 0 aromatic heterocycles. The molecule has 0 fully saturated rings. The molecule has 0 saturated heterocycles. The molecule has 0 heterocycles. The quantitative estimate of drug-likeness (QED) is 0.465. The van der Waals surface area contributed by atoms with Gasteiger partial charge in [-0.1, -0.05) is 6.92 Å². The number of carbonyl (C=O) groups is 1. The van der Waals surface area contributed by atoms with E-state index in [4.69, 9.17) is 23.2 Å². The molecule has 0 N–H and O–H groups in total. The molecular formula is C5H9Cl2NO. The van der Waals surface area contributed by atoms with Gasteiger partial charge in [0.2, 0.25) is 5.91 Å². The first-order valence-corrected chi connectivity index (χ1v) is 3.72. The Bertz CT molecular complexity index is 93.0. The molecule has 0 aliphatic rings. The molecule has 0 bridgehead atoms. The zero-order valence-electron chi connectivity index (χ0n) is 5.23. The normalized spacial score (nSPS) is 9.22. The van der Waals surface area contributed by atoms with Gasteiger partial charge in [0.1, 0.15) is 0 Å². The highest BCUT2D eigenvalue weighted by molar-refractivity contribution is 6.21. The van der Waals surface area contributed by atoms with E-state index >= 15 is 0 Å². The first-order chi connectivity index (χ1) is 4.26. The predicted molar refractivity (Wildman–Crippen MR) is 38.6 cm³/mol. The second kappa shape index (κ2) is 4.89. The van der Waals surface area contributed by atoms with Gasteiger partial charge in [-0.05, 0) is 0 Å². The van der Waals surface area contributed by atoms with Crippen LogP contribution in [0.15, 0.2) is 0 Å². The minimum Gasteiger partial charge on any atom is -0.315 e. The van der Waals surface area contributed by atoms with Crippen molar-refractivity contribution < 1.29 is 4.79 Å². The average Bonchev–Trinajstić information content (AvgIpc) is 1.90. The molecule has 0 unspecified atom stereocenters. The largest absolute Gasteiger partial charge is 0.315 e. The smallest absolute Gasteiger partial charge is 0.224 e. The fourth-order valence-electron chi connectivity index (χ4n) is 0.389. The Morgan fingerprint density at radius 3 is 2.00 bits per heavy atom. The Labute approximate surface area is 64.7 Å². The Morgan fingerprint density at radius 1 is 1.44 bits per heavy atom. The van der Waals surface area contributed by atoms with Crippen LogP contribution in [0.1, 0.15) is 13.3 Å². The second-order valence-corrected chi connectivity index (χ2v) is 2.00. The topological polar surface area (TPSA) is 20.3 Å². The third kappa shape index (κ3) is 2.92. The van der Waals surface area contributed by atoms with Crippen LogP contribution in [0.3, 0.4) is 0 Å². The number of rotatable bonds is 3. The first kappa shape index (κ1) is 9.05. The summed E-state index contributed by atoms with van der Waals surface area (Å²) in [5.74, 6) is -0.0139. The number of hydrogen-bond acceptors (Lipinski definition) is 1. The molecule has 0 aliphatic carbocycles. The molecule has 54 valence electrons. The van der Waals surface area contributed by atoms with Crippen LogP contribution in [-0.2, 0) is 4.79 Å². The molecule has 0 spiro atoms. The maximum atomic E-state index is 10.7. The highest BCUT2D eigenvalue weighted by atomic mass is 35.5. The summed E-state index contributed by atoms with van der Waals surface area (Å²) in [7, 11) is 0. The van der Waals surface area contributed by atoms with Gasteiger partial charge in [0, 0.05) is 6.42 Å². The summed E-state index contributed by atoms with van der Waals surface area (Å²) in [6.07, 6.45) is 0.458. The van der Waals surface area contributed by atoms with Crippen LogP contribution in [0, 0.1) is 0 Å². The number of hydrogen-bond donors (Lipinski definition) is 0.